The maximum absolute atomic E-state index is 13.2. The minimum atomic E-state index is -1.88. The average Bonchev–Trinajstić information content (AvgIpc) is 0.769. The molecule has 2 N–H and O–H groups in total. The molecule has 618 valence electrons. The van der Waals surface area contributed by atoms with Crippen molar-refractivity contribution in [1.29, 1.82) is 0 Å². The van der Waals surface area contributed by atoms with Crippen LogP contribution in [0.5, 0.6) is 0 Å². The minimum Gasteiger partial charge on any atom is -0.463 e. The third-order valence-electron chi connectivity index (χ3n) is 16.1. The van der Waals surface area contributed by atoms with E-state index in [-0.39, 0.29) is 24.7 Å². The van der Waals surface area contributed by atoms with Crippen LogP contribution in [-0.2, 0) is 171 Å². The standard InChI is InChI=1S/C72H92N2O36S2/c1-33(75)91-29-51-57(95-37(5)79)61(97-39(7)81)65(101-43(11)85)69(105-51)109-59-53(31-93-35(3)77)107-71(67(103-45(13)87)63(59)99-41(9)83)111-49-25-21-47(22-26-49)73-55(89)19-17-15-16-18-20-56(90)74-48-23-27-50(28-24-48)112-72-68(104-46(14)88)64(100-42(10)84)60(54(108-72)32-94-36(4)78)110-70-66(102-44(12)86)62(98-40(8)82)58(96-38(6)80)52(106-70)30-92-34(2)76/h21-28,51-54,57-72H,15-20,29-32H2,1-14H3,(H,73,89)(H,74,90)/t51-,52-,53-,54-,57-,58-,59-,60-,61+,62+,63+,64+,65-,66-,67-,68-,69+,70+,71+,72+/m1/s1. The molecular weight excluding hydrogens is 1530 g/mol. The Morgan fingerprint density at radius 1 is 0.277 bits per heavy atom. The summed E-state index contributed by atoms with van der Waals surface area (Å²) in [4.78, 5) is 203. The van der Waals surface area contributed by atoms with E-state index >= 15 is 0 Å². The minimum absolute atomic E-state index is 0.113. The number of esters is 14. The lowest BCUT2D eigenvalue weighted by molar-refractivity contribution is -0.341. The molecule has 20 atom stereocenters. The van der Waals surface area contributed by atoms with Crippen LogP contribution in [0.1, 0.15) is 135 Å². The molecule has 38 nitrogen and oxygen atoms in total. The molecule has 0 radical (unpaired) electrons. The van der Waals surface area contributed by atoms with E-state index in [2.05, 4.69) is 10.6 Å². The molecule has 0 unspecified atom stereocenters. The van der Waals surface area contributed by atoms with Gasteiger partial charge in [0.1, 0.15) is 73.9 Å². The van der Waals surface area contributed by atoms with Gasteiger partial charge in [0.2, 0.25) is 11.8 Å². The molecule has 6 rings (SSSR count). The van der Waals surface area contributed by atoms with Crippen molar-refractivity contribution < 1.29 is 171 Å². The number of carbonyl (C=O) groups excluding carboxylic acids is 16. The van der Waals surface area contributed by atoms with Gasteiger partial charge in [-0.15, -0.1) is 0 Å². The first-order chi connectivity index (χ1) is 52.8. The van der Waals surface area contributed by atoms with Gasteiger partial charge in [-0.3, -0.25) is 76.7 Å². The van der Waals surface area contributed by atoms with Crippen LogP contribution in [0.15, 0.2) is 58.3 Å². The number of benzene rings is 2. The van der Waals surface area contributed by atoms with Gasteiger partial charge < -0.3 is 105 Å². The summed E-state index contributed by atoms with van der Waals surface area (Å²) in [6, 6.07) is 12.8. The van der Waals surface area contributed by atoms with Gasteiger partial charge in [0.25, 0.3) is 0 Å². The Hall–Kier alpha value is -9.58. The molecule has 112 heavy (non-hydrogen) atoms. The number of hydrogen-bond acceptors (Lipinski definition) is 38. The van der Waals surface area contributed by atoms with E-state index in [4.69, 9.17) is 94.7 Å². The highest BCUT2D eigenvalue weighted by molar-refractivity contribution is 8.00. The lowest BCUT2D eigenvalue weighted by Gasteiger charge is -2.48. The van der Waals surface area contributed by atoms with Crippen molar-refractivity contribution in [2.75, 3.05) is 37.1 Å². The number of carbonyl (C=O) groups is 16. The number of nitrogens with one attached hydrogen (secondary N) is 2. The first kappa shape index (κ1) is 91.3. The highest BCUT2D eigenvalue weighted by Crippen LogP contribution is 2.43. The zero-order chi connectivity index (χ0) is 82.8. The summed E-state index contributed by atoms with van der Waals surface area (Å²) in [5.74, 6) is -13.0. The highest BCUT2D eigenvalue weighted by Gasteiger charge is 2.60. The molecule has 2 aromatic rings. The summed E-state index contributed by atoms with van der Waals surface area (Å²) < 4.78 is 116. The Morgan fingerprint density at radius 3 is 0.768 bits per heavy atom. The molecule has 0 aliphatic carbocycles. The lowest BCUT2D eigenvalue weighted by atomic mass is 9.96. The quantitative estimate of drug-likeness (QED) is 0.0559. The predicted octanol–water partition coefficient (Wildman–Crippen LogP) is 4.03. The average molecular weight is 1630 g/mol. The van der Waals surface area contributed by atoms with E-state index in [1.165, 1.54) is 0 Å². The number of anilines is 2. The van der Waals surface area contributed by atoms with Crippen molar-refractivity contribution >= 4 is 130 Å². The van der Waals surface area contributed by atoms with Crippen LogP contribution in [0.25, 0.3) is 0 Å². The third kappa shape index (κ3) is 29.5. The van der Waals surface area contributed by atoms with Crippen molar-refractivity contribution in [1.82, 2.24) is 0 Å². The molecule has 0 aromatic heterocycles. The summed E-state index contributed by atoms with van der Waals surface area (Å²) in [7, 11) is 0. The maximum Gasteiger partial charge on any atom is 0.303 e. The van der Waals surface area contributed by atoms with Crippen LogP contribution in [0.2, 0.25) is 0 Å². The van der Waals surface area contributed by atoms with Gasteiger partial charge in [-0.2, -0.15) is 0 Å². The molecule has 4 saturated heterocycles. The first-order valence-corrected chi connectivity index (χ1v) is 36.9. The Kier molecular flexibility index (Phi) is 35.9. The Morgan fingerprint density at radius 2 is 0.509 bits per heavy atom. The number of unbranched alkanes of at least 4 members (excludes halogenated alkanes) is 3. The normalized spacial score (nSPS) is 27.2. The summed E-state index contributed by atoms with van der Waals surface area (Å²) in [6.45, 7) is 12.2. The molecule has 2 amide bonds. The van der Waals surface area contributed by atoms with Crippen molar-refractivity contribution in [3.8, 4) is 0 Å². The predicted molar refractivity (Wildman–Crippen MR) is 376 cm³/mol. The molecule has 4 heterocycles. The van der Waals surface area contributed by atoms with Gasteiger partial charge in [0.15, 0.2) is 73.6 Å². The van der Waals surface area contributed by atoms with Crippen LogP contribution >= 0.6 is 23.5 Å². The number of ether oxygens (including phenoxy) is 20. The van der Waals surface area contributed by atoms with Crippen molar-refractivity contribution in [3.63, 3.8) is 0 Å². The van der Waals surface area contributed by atoms with Gasteiger partial charge in [-0.1, -0.05) is 36.4 Å². The van der Waals surface area contributed by atoms with Crippen molar-refractivity contribution in [3.05, 3.63) is 48.5 Å². The van der Waals surface area contributed by atoms with Gasteiger partial charge in [0.05, 0.1) is 0 Å². The fourth-order valence-electron chi connectivity index (χ4n) is 12.0. The SMILES string of the molecule is CC(=O)OC[C@H]1O[C@@H](Sc2ccc(NC(=O)CCCCCCC(=O)Nc3ccc(S[C@@H]4O[C@H](COC(C)=O)[C@@H](O[C@@H]5O[C@H](COC(C)=O)[C@@H](OC(C)=O)[C@H](OC(C)=O)[C@H]5OC(C)=O)[C@H](OC(C)=O)[C@H]4OC(C)=O)cc3)cc2)[C@H](OC(C)=O)[C@@H](OC(C)=O)[C@@H]1O[C@@H]1O[C@H](COC(C)=O)[C@@H](OC(C)=O)[C@H](OC(C)=O)[C@H]1OC(C)=O. The van der Waals surface area contributed by atoms with E-state index in [9.17, 15) is 76.7 Å². The number of hydrogen-bond donors (Lipinski definition) is 2. The number of rotatable bonds is 35. The molecule has 40 heteroatoms. The summed E-state index contributed by atoms with van der Waals surface area (Å²) in [5.41, 5.74) is -1.76. The summed E-state index contributed by atoms with van der Waals surface area (Å²) in [6.07, 6.45) is -27.0. The van der Waals surface area contributed by atoms with Gasteiger partial charge in [0, 0.05) is 131 Å². The van der Waals surface area contributed by atoms with Crippen molar-refractivity contribution in [2.45, 2.75) is 266 Å². The zero-order valence-corrected chi connectivity index (χ0v) is 65.4. The van der Waals surface area contributed by atoms with Crippen LogP contribution in [0.4, 0.5) is 11.4 Å². The second kappa shape index (κ2) is 44.0. The Labute approximate surface area is 651 Å². The largest absolute Gasteiger partial charge is 0.463 e. The molecule has 4 aliphatic rings. The Balaban J connectivity index is 1.07. The number of thioether (sulfide) groups is 2. The summed E-state index contributed by atoms with van der Waals surface area (Å²) in [5, 5.41) is 5.66. The molecule has 2 aromatic carbocycles. The van der Waals surface area contributed by atoms with Crippen LogP contribution < -0.4 is 10.6 Å². The second-order valence-electron chi connectivity index (χ2n) is 25.6. The van der Waals surface area contributed by atoms with E-state index < -0.39 is 231 Å². The molecule has 4 fully saturated rings. The fourth-order valence-corrected chi connectivity index (χ4v) is 14.2. The van der Waals surface area contributed by atoms with Crippen LogP contribution in [0.3, 0.4) is 0 Å². The van der Waals surface area contributed by atoms with Gasteiger partial charge in [-0.05, 0) is 61.4 Å². The smallest absolute Gasteiger partial charge is 0.303 e. The third-order valence-corrected chi connectivity index (χ3v) is 18.4. The van der Waals surface area contributed by atoms with E-state index in [1.54, 1.807) is 48.5 Å². The Bertz CT molecular complexity index is 3440. The molecule has 0 saturated carbocycles. The lowest BCUT2D eigenvalue weighted by Crippen LogP contribution is -2.66. The van der Waals surface area contributed by atoms with Crippen LogP contribution in [-0.4, -0.2) is 243 Å². The van der Waals surface area contributed by atoms with Crippen molar-refractivity contribution in [2.24, 2.45) is 0 Å². The molecule has 0 spiro atoms. The zero-order valence-electron chi connectivity index (χ0n) is 63.8. The van der Waals surface area contributed by atoms with Crippen LogP contribution in [0, 0.1) is 0 Å². The van der Waals surface area contributed by atoms with E-state index in [0.29, 0.717) is 46.8 Å². The monoisotopic (exact) mass is 1620 g/mol. The molecular formula is C72H92N2O36S2. The van der Waals surface area contributed by atoms with Gasteiger partial charge in [-0.25, -0.2) is 0 Å². The molecule has 4 aliphatic heterocycles. The topological polar surface area (TPSA) is 482 Å². The van der Waals surface area contributed by atoms with E-state index in [0.717, 1.165) is 120 Å². The van der Waals surface area contributed by atoms with Gasteiger partial charge >= 0.3 is 83.6 Å². The maximum atomic E-state index is 13.2. The summed E-state index contributed by atoms with van der Waals surface area (Å²) >= 11 is 1.95. The number of amides is 2. The fraction of sp³-hybridized carbons (Fsp3) is 0.611. The second-order valence-corrected chi connectivity index (χ2v) is 28.0. The molecule has 0 bridgehead atoms. The van der Waals surface area contributed by atoms with E-state index in [1.807, 2.05) is 0 Å². The first-order valence-electron chi connectivity index (χ1n) is 35.2. The highest BCUT2D eigenvalue weighted by atomic mass is 32.2.